The molecule has 0 saturated carbocycles. The highest BCUT2D eigenvalue weighted by Gasteiger charge is 2.36. The van der Waals surface area contributed by atoms with Gasteiger partial charge in [0.1, 0.15) is 12.4 Å². The minimum absolute atomic E-state index is 0.0847. The van der Waals surface area contributed by atoms with Gasteiger partial charge in [-0.2, -0.15) is 0 Å². The molecule has 0 aliphatic carbocycles. The van der Waals surface area contributed by atoms with Crippen LogP contribution in [0.2, 0.25) is 0 Å². The summed E-state index contributed by atoms with van der Waals surface area (Å²) in [6.07, 6.45) is 0.741. The second-order valence-corrected chi connectivity index (χ2v) is 7.16. The number of carbonyl (C=O) groups is 1. The number of aliphatic hydroxyl groups is 1. The van der Waals surface area contributed by atoms with Gasteiger partial charge in [-0.3, -0.25) is 9.69 Å². The quantitative estimate of drug-likeness (QED) is 0.545. The number of para-hydroxylation sites is 1. The van der Waals surface area contributed by atoms with Crippen LogP contribution in [0.5, 0.6) is 0 Å². The summed E-state index contributed by atoms with van der Waals surface area (Å²) in [6.45, 7) is 3.79. The number of nitrogens with zero attached hydrogens (tertiary/aromatic N) is 3. The van der Waals surface area contributed by atoms with Gasteiger partial charge in [-0.05, 0) is 29.8 Å². The Morgan fingerprint density at radius 1 is 1.23 bits per heavy atom. The topological polar surface area (TPSA) is 90.4 Å². The highest BCUT2D eigenvalue weighted by Crippen LogP contribution is 2.27. The van der Waals surface area contributed by atoms with Crippen molar-refractivity contribution < 1.29 is 14.3 Å². The van der Waals surface area contributed by atoms with Crippen molar-refractivity contribution in [3.05, 3.63) is 72.9 Å². The number of rotatable bonds is 6. The zero-order valence-corrected chi connectivity index (χ0v) is 16.2. The number of carbonyl (C=O) groups excluding carboxylic acids is 1. The molecule has 0 bridgehead atoms. The summed E-state index contributed by atoms with van der Waals surface area (Å²) >= 11 is 0. The molecule has 1 saturated heterocycles. The van der Waals surface area contributed by atoms with Gasteiger partial charge in [0.05, 0.1) is 11.6 Å². The molecule has 0 radical (unpaired) electrons. The maximum atomic E-state index is 14.6. The second kappa shape index (κ2) is 8.56. The fourth-order valence-corrected chi connectivity index (χ4v) is 3.48. The number of aromatic nitrogens is 2. The lowest BCUT2D eigenvalue weighted by Gasteiger charge is -2.23. The number of fused-ring (bicyclic) bond motifs is 1. The van der Waals surface area contributed by atoms with E-state index < -0.39 is 18.4 Å². The SMILES string of the molecule is C=CC(=O)Nc1ccc(C(O)N2C[C@H](Nc3ncc4ccccc4n3)[C@@H](F)C2)cc1. The van der Waals surface area contributed by atoms with Gasteiger partial charge in [-0.15, -0.1) is 0 Å². The van der Waals surface area contributed by atoms with Crippen LogP contribution in [0, 0.1) is 0 Å². The molecule has 154 valence electrons. The molecule has 3 aromatic rings. The number of aliphatic hydroxyl groups excluding tert-OH is 1. The Morgan fingerprint density at radius 3 is 2.77 bits per heavy atom. The highest BCUT2D eigenvalue weighted by atomic mass is 19.1. The molecule has 7 nitrogen and oxygen atoms in total. The summed E-state index contributed by atoms with van der Waals surface area (Å²) in [5.41, 5.74) is 1.99. The fraction of sp³-hybridized carbons (Fsp3) is 0.227. The zero-order valence-electron chi connectivity index (χ0n) is 16.2. The first-order valence-corrected chi connectivity index (χ1v) is 9.61. The minimum atomic E-state index is -1.18. The molecule has 4 rings (SSSR count). The predicted molar refractivity (Wildman–Crippen MR) is 114 cm³/mol. The van der Waals surface area contributed by atoms with E-state index in [9.17, 15) is 14.3 Å². The standard InChI is InChI=1S/C22H22FN5O2/c1-2-20(29)25-16-9-7-14(8-10-16)21(30)28-12-17(23)19(13-28)27-22-24-11-15-5-3-4-6-18(15)26-22/h2-11,17,19,21,30H,1,12-13H2,(H,25,29)(H,24,26,27)/t17-,19-,21?/m0/s1. The van der Waals surface area contributed by atoms with Gasteiger partial charge in [0, 0.05) is 30.4 Å². The van der Waals surface area contributed by atoms with E-state index >= 15 is 0 Å². The number of nitrogens with one attached hydrogen (secondary N) is 2. The van der Waals surface area contributed by atoms with Gasteiger partial charge in [0.2, 0.25) is 11.9 Å². The van der Waals surface area contributed by atoms with Gasteiger partial charge in [-0.25, -0.2) is 14.4 Å². The number of amides is 1. The minimum Gasteiger partial charge on any atom is -0.374 e. The smallest absolute Gasteiger partial charge is 0.247 e. The van der Waals surface area contributed by atoms with E-state index in [0.717, 1.165) is 10.9 Å². The summed E-state index contributed by atoms with van der Waals surface area (Å²) in [5, 5.41) is 17.3. The van der Waals surface area contributed by atoms with Gasteiger partial charge in [0.15, 0.2) is 0 Å². The van der Waals surface area contributed by atoms with Gasteiger partial charge >= 0.3 is 0 Å². The molecule has 3 atom stereocenters. The van der Waals surface area contributed by atoms with E-state index in [0.29, 0.717) is 23.7 Å². The van der Waals surface area contributed by atoms with Gasteiger partial charge in [0.25, 0.3) is 0 Å². The molecule has 1 aliphatic rings. The summed E-state index contributed by atoms with van der Waals surface area (Å²) < 4.78 is 14.6. The molecule has 3 N–H and O–H groups in total. The van der Waals surface area contributed by atoms with Crippen LogP contribution in [0.25, 0.3) is 10.9 Å². The Hall–Kier alpha value is -3.36. The maximum Gasteiger partial charge on any atom is 0.247 e. The normalized spacial score (nSPS) is 20.1. The molecule has 1 unspecified atom stereocenters. The Balaban J connectivity index is 1.41. The van der Waals surface area contributed by atoms with Crippen LogP contribution in [0.1, 0.15) is 11.8 Å². The molecule has 2 aromatic carbocycles. The third kappa shape index (κ3) is 4.29. The number of hydrogen-bond donors (Lipinski definition) is 3. The molecular weight excluding hydrogens is 385 g/mol. The van der Waals surface area contributed by atoms with E-state index in [4.69, 9.17) is 0 Å². The van der Waals surface area contributed by atoms with Gasteiger partial charge < -0.3 is 15.7 Å². The fourth-order valence-electron chi connectivity index (χ4n) is 3.48. The molecule has 8 heteroatoms. The first-order valence-electron chi connectivity index (χ1n) is 9.61. The van der Waals surface area contributed by atoms with Gasteiger partial charge in [-0.1, -0.05) is 36.9 Å². The van der Waals surface area contributed by atoms with Crippen molar-refractivity contribution in [1.82, 2.24) is 14.9 Å². The highest BCUT2D eigenvalue weighted by molar-refractivity contribution is 5.98. The van der Waals surface area contributed by atoms with Crippen molar-refractivity contribution in [2.24, 2.45) is 0 Å². The van der Waals surface area contributed by atoms with Crippen LogP contribution in [-0.4, -0.2) is 51.2 Å². The summed E-state index contributed by atoms with van der Waals surface area (Å²) in [6, 6.07) is 13.8. The first kappa shape index (κ1) is 19.9. The molecule has 30 heavy (non-hydrogen) atoms. The monoisotopic (exact) mass is 407 g/mol. The molecule has 1 fully saturated rings. The Labute approximate surface area is 173 Å². The van der Waals surface area contributed by atoms with Crippen molar-refractivity contribution >= 4 is 28.4 Å². The Morgan fingerprint density at radius 2 is 2.00 bits per heavy atom. The lowest BCUT2D eigenvalue weighted by atomic mass is 10.1. The summed E-state index contributed by atoms with van der Waals surface area (Å²) in [7, 11) is 0. The number of alkyl halides is 1. The molecule has 1 aliphatic heterocycles. The van der Waals surface area contributed by atoms with Crippen molar-refractivity contribution in [3.8, 4) is 0 Å². The summed E-state index contributed by atoms with van der Waals surface area (Å²) in [5.74, 6) is 0.0490. The Bertz CT molecular complexity index is 1060. The third-order valence-corrected chi connectivity index (χ3v) is 5.09. The molecule has 2 heterocycles. The van der Waals surface area contributed by atoms with Crippen LogP contribution in [0.3, 0.4) is 0 Å². The molecular formula is C22H22FN5O2. The lowest BCUT2D eigenvalue weighted by molar-refractivity contribution is -0.111. The van der Waals surface area contributed by atoms with E-state index in [1.54, 1.807) is 35.4 Å². The maximum absolute atomic E-state index is 14.6. The number of hydrogen-bond acceptors (Lipinski definition) is 6. The second-order valence-electron chi connectivity index (χ2n) is 7.16. The zero-order chi connectivity index (χ0) is 21.1. The van der Waals surface area contributed by atoms with Crippen molar-refractivity contribution in [1.29, 1.82) is 0 Å². The van der Waals surface area contributed by atoms with Crippen LogP contribution >= 0.6 is 0 Å². The van der Waals surface area contributed by atoms with Crippen LogP contribution in [0.4, 0.5) is 16.0 Å². The van der Waals surface area contributed by atoms with Crippen LogP contribution in [-0.2, 0) is 4.79 Å². The average molecular weight is 407 g/mol. The first-order chi connectivity index (χ1) is 14.5. The molecule has 0 spiro atoms. The van der Waals surface area contributed by atoms with E-state index in [1.165, 1.54) is 6.08 Å². The van der Waals surface area contributed by atoms with E-state index in [-0.39, 0.29) is 12.5 Å². The lowest BCUT2D eigenvalue weighted by Crippen LogP contribution is -2.31. The predicted octanol–water partition coefficient (Wildman–Crippen LogP) is 2.88. The molecule has 1 aromatic heterocycles. The van der Waals surface area contributed by atoms with Crippen molar-refractivity contribution in [2.45, 2.75) is 18.4 Å². The summed E-state index contributed by atoms with van der Waals surface area (Å²) in [4.78, 5) is 21.7. The largest absolute Gasteiger partial charge is 0.374 e. The third-order valence-electron chi connectivity index (χ3n) is 5.09. The Kier molecular flexibility index (Phi) is 5.69. The van der Waals surface area contributed by atoms with Crippen LogP contribution in [0.15, 0.2) is 67.4 Å². The van der Waals surface area contributed by atoms with E-state index in [2.05, 4.69) is 27.2 Å². The van der Waals surface area contributed by atoms with Crippen molar-refractivity contribution in [2.75, 3.05) is 23.7 Å². The number of likely N-dealkylation sites (tertiary alicyclic amines) is 1. The average Bonchev–Trinajstić information content (AvgIpc) is 3.13. The number of halogens is 1. The molecule has 1 amide bonds. The number of anilines is 2. The number of benzene rings is 2. The van der Waals surface area contributed by atoms with Crippen LogP contribution < -0.4 is 10.6 Å². The van der Waals surface area contributed by atoms with E-state index in [1.807, 2.05) is 24.3 Å². The van der Waals surface area contributed by atoms with Crippen molar-refractivity contribution in [3.63, 3.8) is 0 Å².